The van der Waals surface area contributed by atoms with Crippen LogP contribution in [-0.4, -0.2) is 30.9 Å². The summed E-state index contributed by atoms with van der Waals surface area (Å²) >= 11 is 0. The van der Waals surface area contributed by atoms with Crippen LogP contribution in [0, 0.1) is 5.82 Å². The van der Waals surface area contributed by atoms with Gasteiger partial charge in [0.25, 0.3) is 11.8 Å². The van der Waals surface area contributed by atoms with Crippen LogP contribution in [0.2, 0.25) is 0 Å². The van der Waals surface area contributed by atoms with Crippen molar-refractivity contribution >= 4 is 23.1 Å². The number of rotatable bonds is 4. The fraction of sp³-hybridized carbons (Fsp3) is 0.111. The highest BCUT2D eigenvalue weighted by atomic mass is 19.1. The van der Waals surface area contributed by atoms with Crippen LogP contribution in [0.15, 0.2) is 54.2 Å². The number of ether oxygens (including phenoxy) is 1. The minimum Gasteiger partial charge on any atom is -0.496 e. The van der Waals surface area contributed by atoms with E-state index in [-0.39, 0.29) is 11.3 Å². The van der Waals surface area contributed by atoms with Crippen molar-refractivity contribution in [2.45, 2.75) is 0 Å². The van der Waals surface area contributed by atoms with Crippen molar-refractivity contribution in [3.63, 3.8) is 0 Å². The summed E-state index contributed by atoms with van der Waals surface area (Å²) in [6, 6.07) is 12.6. The van der Waals surface area contributed by atoms with Crippen LogP contribution in [0.5, 0.6) is 5.75 Å². The first-order valence-electron chi connectivity index (χ1n) is 7.25. The second-order valence-corrected chi connectivity index (χ2v) is 5.25. The maximum Gasteiger partial charge on any atom is 0.277 e. The summed E-state index contributed by atoms with van der Waals surface area (Å²) in [5.41, 5.74) is 1.18. The average Bonchev–Trinajstić information content (AvgIpc) is 2.79. The molecule has 3 rings (SSSR count). The number of benzene rings is 2. The van der Waals surface area contributed by atoms with Gasteiger partial charge in [-0.15, -0.1) is 0 Å². The molecule has 0 bridgehead atoms. The molecule has 2 aromatic carbocycles. The van der Waals surface area contributed by atoms with Gasteiger partial charge in [-0.2, -0.15) is 0 Å². The van der Waals surface area contributed by atoms with E-state index < -0.39 is 17.6 Å². The fourth-order valence-electron chi connectivity index (χ4n) is 2.57. The molecular weight excluding hydrogens is 311 g/mol. The summed E-state index contributed by atoms with van der Waals surface area (Å²) in [6.07, 6.45) is 0. The number of carbonyl (C=O) groups is 2. The van der Waals surface area contributed by atoms with Crippen LogP contribution in [0.1, 0.15) is 5.56 Å². The second kappa shape index (κ2) is 6.16. The normalized spacial score (nSPS) is 14.4. The maximum atomic E-state index is 13.4. The van der Waals surface area contributed by atoms with Crippen molar-refractivity contribution in [2.75, 3.05) is 19.5 Å². The molecule has 0 atom stereocenters. The molecule has 5 nitrogen and oxygen atoms in total. The van der Waals surface area contributed by atoms with Crippen LogP contribution >= 0.6 is 0 Å². The summed E-state index contributed by atoms with van der Waals surface area (Å²) in [5, 5.41) is 2.86. The maximum absolute atomic E-state index is 13.4. The predicted molar refractivity (Wildman–Crippen MR) is 87.7 cm³/mol. The lowest BCUT2D eigenvalue weighted by Gasteiger charge is -2.10. The molecule has 2 aromatic rings. The minimum absolute atomic E-state index is 0.0950. The van der Waals surface area contributed by atoms with Gasteiger partial charge in [0.05, 0.1) is 12.7 Å². The Morgan fingerprint density at radius 1 is 1.04 bits per heavy atom. The topological polar surface area (TPSA) is 58.6 Å². The standard InChI is InChI=1S/C18H15FN2O3/c1-21-17(22)15(13-8-3-4-9-14(13)24-2)16(18(21)23)20-12-7-5-6-11(19)10-12/h3-10,20H,1-2H3. The molecule has 0 spiro atoms. The third kappa shape index (κ3) is 2.62. The van der Waals surface area contributed by atoms with E-state index in [0.717, 1.165) is 4.90 Å². The zero-order valence-electron chi connectivity index (χ0n) is 13.2. The molecule has 0 saturated carbocycles. The average molecular weight is 326 g/mol. The number of nitrogens with one attached hydrogen (secondary N) is 1. The first-order valence-corrected chi connectivity index (χ1v) is 7.25. The van der Waals surface area contributed by atoms with Crippen molar-refractivity contribution in [2.24, 2.45) is 0 Å². The first-order chi connectivity index (χ1) is 11.5. The van der Waals surface area contributed by atoms with Gasteiger partial charge in [0.15, 0.2) is 0 Å². The predicted octanol–water partition coefficient (Wildman–Crippen LogP) is 2.66. The Morgan fingerprint density at radius 3 is 2.50 bits per heavy atom. The Hall–Kier alpha value is -3.15. The SMILES string of the molecule is COc1ccccc1C1=C(Nc2cccc(F)c2)C(=O)N(C)C1=O. The van der Waals surface area contributed by atoms with E-state index in [2.05, 4.69) is 5.32 Å². The van der Waals surface area contributed by atoms with Gasteiger partial charge < -0.3 is 10.1 Å². The summed E-state index contributed by atoms with van der Waals surface area (Å²) in [5.74, 6) is -0.888. The number of amides is 2. The summed E-state index contributed by atoms with van der Waals surface area (Å²) in [4.78, 5) is 26.0. The number of hydrogen-bond donors (Lipinski definition) is 1. The Labute approximate surface area is 138 Å². The van der Waals surface area contributed by atoms with E-state index in [1.165, 1.54) is 32.4 Å². The molecular formula is C18H15FN2O3. The third-order valence-corrected chi connectivity index (χ3v) is 3.76. The van der Waals surface area contributed by atoms with Crippen molar-refractivity contribution in [3.8, 4) is 5.75 Å². The molecule has 0 aliphatic carbocycles. The molecule has 1 aliphatic heterocycles. The van der Waals surface area contributed by atoms with Crippen LogP contribution in [0.25, 0.3) is 5.57 Å². The van der Waals surface area contributed by atoms with Gasteiger partial charge in [-0.25, -0.2) is 4.39 Å². The monoisotopic (exact) mass is 326 g/mol. The van der Waals surface area contributed by atoms with Gasteiger partial charge in [0.2, 0.25) is 0 Å². The molecule has 122 valence electrons. The number of imide groups is 1. The minimum atomic E-state index is -0.481. The molecule has 0 radical (unpaired) electrons. The number of hydrogen-bond acceptors (Lipinski definition) is 4. The number of para-hydroxylation sites is 1. The molecule has 1 N–H and O–H groups in total. The number of carbonyl (C=O) groups excluding carboxylic acids is 2. The van der Waals surface area contributed by atoms with E-state index in [1.54, 1.807) is 30.3 Å². The summed E-state index contributed by atoms with van der Waals surface area (Å²) < 4.78 is 18.7. The Bertz CT molecular complexity index is 861. The molecule has 24 heavy (non-hydrogen) atoms. The number of anilines is 1. The van der Waals surface area contributed by atoms with Gasteiger partial charge in [-0.05, 0) is 24.3 Å². The quantitative estimate of drug-likeness (QED) is 0.878. The lowest BCUT2D eigenvalue weighted by atomic mass is 10.0. The Morgan fingerprint density at radius 2 is 1.79 bits per heavy atom. The molecule has 0 aromatic heterocycles. The summed E-state index contributed by atoms with van der Waals surface area (Å²) in [7, 11) is 2.89. The fourth-order valence-corrected chi connectivity index (χ4v) is 2.57. The van der Waals surface area contributed by atoms with E-state index in [9.17, 15) is 14.0 Å². The van der Waals surface area contributed by atoms with Gasteiger partial charge >= 0.3 is 0 Å². The smallest absolute Gasteiger partial charge is 0.277 e. The zero-order chi connectivity index (χ0) is 17.3. The Balaban J connectivity index is 2.14. The highest BCUT2D eigenvalue weighted by Crippen LogP contribution is 2.34. The van der Waals surface area contributed by atoms with Gasteiger partial charge in [0.1, 0.15) is 17.3 Å². The third-order valence-electron chi connectivity index (χ3n) is 3.76. The van der Waals surface area contributed by atoms with E-state index >= 15 is 0 Å². The number of likely N-dealkylation sites (N-methyl/N-ethyl adjacent to an activating group) is 1. The summed E-state index contributed by atoms with van der Waals surface area (Å²) in [6.45, 7) is 0. The first kappa shape index (κ1) is 15.7. The highest BCUT2D eigenvalue weighted by Gasteiger charge is 2.37. The van der Waals surface area contributed by atoms with Crippen LogP contribution < -0.4 is 10.1 Å². The molecule has 0 saturated heterocycles. The van der Waals surface area contributed by atoms with Crippen molar-refractivity contribution < 1.29 is 18.7 Å². The highest BCUT2D eigenvalue weighted by molar-refractivity contribution is 6.36. The molecule has 1 aliphatic rings. The van der Waals surface area contributed by atoms with E-state index in [1.807, 2.05) is 0 Å². The lowest BCUT2D eigenvalue weighted by molar-refractivity contribution is -0.135. The lowest BCUT2D eigenvalue weighted by Crippen LogP contribution is -2.27. The molecule has 6 heteroatoms. The van der Waals surface area contributed by atoms with E-state index in [0.29, 0.717) is 17.0 Å². The number of methoxy groups -OCH3 is 1. The van der Waals surface area contributed by atoms with Crippen LogP contribution in [0.3, 0.4) is 0 Å². The Kier molecular flexibility index (Phi) is 4.04. The van der Waals surface area contributed by atoms with E-state index in [4.69, 9.17) is 4.74 Å². The molecule has 0 unspecified atom stereocenters. The van der Waals surface area contributed by atoms with Crippen molar-refractivity contribution in [1.29, 1.82) is 0 Å². The van der Waals surface area contributed by atoms with Crippen molar-refractivity contribution in [3.05, 3.63) is 65.6 Å². The van der Waals surface area contributed by atoms with Gasteiger partial charge in [-0.1, -0.05) is 24.3 Å². The molecule has 0 fully saturated rings. The molecule has 2 amide bonds. The zero-order valence-corrected chi connectivity index (χ0v) is 13.2. The van der Waals surface area contributed by atoms with Crippen molar-refractivity contribution in [1.82, 2.24) is 4.90 Å². The largest absolute Gasteiger partial charge is 0.496 e. The van der Waals surface area contributed by atoms with Crippen LogP contribution in [-0.2, 0) is 9.59 Å². The van der Waals surface area contributed by atoms with Gasteiger partial charge in [-0.3, -0.25) is 14.5 Å². The molecule has 1 heterocycles. The van der Waals surface area contributed by atoms with Gasteiger partial charge in [0, 0.05) is 18.3 Å². The number of nitrogens with zero attached hydrogens (tertiary/aromatic N) is 1. The van der Waals surface area contributed by atoms with Crippen LogP contribution in [0.4, 0.5) is 10.1 Å². The second-order valence-electron chi connectivity index (χ2n) is 5.25. The number of halogens is 1.